The lowest BCUT2D eigenvalue weighted by atomic mass is 10.1. The summed E-state index contributed by atoms with van der Waals surface area (Å²) in [5.41, 5.74) is 2.96. The minimum atomic E-state index is -0.231. The molecule has 116 valence electrons. The topological polar surface area (TPSA) is 40.7 Å². The average Bonchev–Trinajstić information content (AvgIpc) is 3.09. The molecule has 2 aromatic heterocycles. The van der Waals surface area contributed by atoms with Crippen LogP contribution in [0.5, 0.6) is 0 Å². The number of H-pyrrole nitrogens is 1. The largest absolute Gasteiger partial charge is 0.308 e. The molecule has 3 rings (SSSR count). The second kappa shape index (κ2) is 7.54. The molecule has 2 heterocycles. The van der Waals surface area contributed by atoms with Crippen molar-refractivity contribution in [2.45, 2.75) is 20.0 Å². The number of nitrogens with one attached hydrogen (secondary N) is 2. The molecular formula is C16H17ClFN3S. The monoisotopic (exact) mass is 337 g/mol. The maximum atomic E-state index is 13.0. The van der Waals surface area contributed by atoms with Gasteiger partial charge in [-0.05, 0) is 43.3 Å². The van der Waals surface area contributed by atoms with Crippen LogP contribution in [-0.2, 0) is 13.1 Å². The smallest absolute Gasteiger partial charge is 0.123 e. The number of rotatable bonds is 5. The van der Waals surface area contributed by atoms with Crippen LogP contribution in [0.3, 0.4) is 0 Å². The van der Waals surface area contributed by atoms with E-state index >= 15 is 0 Å². The summed E-state index contributed by atoms with van der Waals surface area (Å²) in [5.74, 6) is -0.231. The van der Waals surface area contributed by atoms with Crippen LogP contribution >= 0.6 is 23.7 Å². The molecule has 3 nitrogen and oxygen atoms in total. The van der Waals surface area contributed by atoms with Crippen LogP contribution < -0.4 is 5.32 Å². The third kappa shape index (κ3) is 3.94. The van der Waals surface area contributed by atoms with Gasteiger partial charge in [-0.15, -0.1) is 23.7 Å². The zero-order valence-corrected chi connectivity index (χ0v) is 13.7. The Bertz CT molecular complexity index is 721. The fourth-order valence-corrected chi connectivity index (χ4v) is 3.07. The first-order chi connectivity index (χ1) is 10.2. The van der Waals surface area contributed by atoms with Crippen molar-refractivity contribution in [2.75, 3.05) is 0 Å². The summed E-state index contributed by atoms with van der Waals surface area (Å²) in [4.78, 5) is 2.64. The molecule has 2 N–H and O–H groups in total. The molecule has 0 amide bonds. The number of aromatic amines is 1. The normalized spacial score (nSPS) is 10.5. The van der Waals surface area contributed by atoms with Crippen molar-refractivity contribution in [1.29, 1.82) is 0 Å². The lowest BCUT2D eigenvalue weighted by Crippen LogP contribution is -2.11. The molecule has 0 unspecified atom stereocenters. The van der Waals surface area contributed by atoms with Crippen molar-refractivity contribution < 1.29 is 4.39 Å². The maximum absolute atomic E-state index is 13.0. The van der Waals surface area contributed by atoms with Crippen LogP contribution in [0.4, 0.5) is 4.39 Å². The molecule has 0 spiro atoms. The van der Waals surface area contributed by atoms with Gasteiger partial charge in [-0.25, -0.2) is 4.39 Å². The van der Waals surface area contributed by atoms with Gasteiger partial charge in [-0.3, -0.25) is 5.10 Å². The van der Waals surface area contributed by atoms with Crippen LogP contribution in [-0.4, -0.2) is 10.2 Å². The van der Waals surface area contributed by atoms with E-state index < -0.39 is 0 Å². The molecule has 0 radical (unpaired) electrons. The molecule has 0 saturated heterocycles. The molecular weight excluding hydrogens is 321 g/mol. The van der Waals surface area contributed by atoms with E-state index in [1.54, 1.807) is 23.5 Å². The molecule has 0 bridgehead atoms. The third-order valence-corrected chi connectivity index (χ3v) is 4.26. The highest BCUT2D eigenvalue weighted by Crippen LogP contribution is 2.21. The van der Waals surface area contributed by atoms with E-state index in [-0.39, 0.29) is 18.2 Å². The predicted octanol–water partition coefficient (Wildman–Crippen LogP) is 4.30. The summed E-state index contributed by atoms with van der Waals surface area (Å²) in [6.45, 7) is 3.67. The van der Waals surface area contributed by atoms with Crippen molar-refractivity contribution in [3.8, 4) is 11.3 Å². The average molecular weight is 338 g/mol. The lowest BCUT2D eigenvalue weighted by Gasteiger charge is -2.05. The first kappa shape index (κ1) is 16.7. The Morgan fingerprint density at radius 1 is 1.14 bits per heavy atom. The number of aryl methyl sites for hydroxylation is 1. The molecule has 0 aliphatic rings. The van der Waals surface area contributed by atoms with Gasteiger partial charge in [0.1, 0.15) is 5.82 Å². The van der Waals surface area contributed by atoms with E-state index in [1.807, 2.05) is 6.20 Å². The van der Waals surface area contributed by atoms with Crippen molar-refractivity contribution in [3.05, 3.63) is 63.7 Å². The number of aromatic nitrogens is 2. The molecule has 0 atom stereocenters. The summed E-state index contributed by atoms with van der Waals surface area (Å²) in [5, 5.41) is 10.5. The standard InChI is InChI=1S/C16H16FN3S.ClH/c1-11-2-7-15(21-11)10-18-8-13-9-19-20-16(13)12-3-5-14(17)6-4-12;/h2-7,9,18H,8,10H2,1H3,(H,19,20);1H. The maximum Gasteiger partial charge on any atom is 0.123 e. The fourth-order valence-electron chi connectivity index (χ4n) is 2.21. The second-order valence-corrected chi connectivity index (χ2v) is 6.27. The second-order valence-electron chi connectivity index (χ2n) is 4.89. The Hall–Kier alpha value is -1.69. The fraction of sp³-hybridized carbons (Fsp3) is 0.188. The number of hydrogen-bond donors (Lipinski definition) is 2. The van der Waals surface area contributed by atoms with Crippen LogP contribution in [0, 0.1) is 12.7 Å². The van der Waals surface area contributed by atoms with Gasteiger partial charge in [0.25, 0.3) is 0 Å². The van der Waals surface area contributed by atoms with Crippen LogP contribution in [0.1, 0.15) is 15.3 Å². The van der Waals surface area contributed by atoms with E-state index in [0.29, 0.717) is 0 Å². The van der Waals surface area contributed by atoms with E-state index in [9.17, 15) is 4.39 Å². The molecule has 3 aromatic rings. The zero-order chi connectivity index (χ0) is 14.7. The minimum absolute atomic E-state index is 0. The molecule has 0 saturated carbocycles. The minimum Gasteiger partial charge on any atom is -0.308 e. The number of halogens is 2. The Morgan fingerprint density at radius 3 is 2.59 bits per heavy atom. The predicted molar refractivity (Wildman–Crippen MR) is 90.8 cm³/mol. The number of nitrogens with zero attached hydrogens (tertiary/aromatic N) is 1. The van der Waals surface area contributed by atoms with Crippen molar-refractivity contribution in [3.63, 3.8) is 0 Å². The third-order valence-electron chi connectivity index (χ3n) is 3.26. The molecule has 1 aromatic carbocycles. The van der Waals surface area contributed by atoms with Crippen molar-refractivity contribution in [2.24, 2.45) is 0 Å². The first-order valence-corrected chi connectivity index (χ1v) is 7.58. The Balaban J connectivity index is 0.00000176. The highest BCUT2D eigenvalue weighted by molar-refractivity contribution is 7.11. The SMILES string of the molecule is Cc1ccc(CNCc2cn[nH]c2-c2ccc(F)cc2)s1.Cl. The van der Waals surface area contributed by atoms with Gasteiger partial charge in [0, 0.05) is 34.0 Å². The Kier molecular flexibility index (Phi) is 5.71. The highest BCUT2D eigenvalue weighted by atomic mass is 35.5. The molecule has 22 heavy (non-hydrogen) atoms. The summed E-state index contributed by atoms with van der Waals surface area (Å²) in [6.07, 6.45) is 1.81. The van der Waals surface area contributed by atoms with E-state index in [0.717, 1.165) is 29.9 Å². The molecule has 0 fully saturated rings. The first-order valence-electron chi connectivity index (χ1n) is 6.76. The van der Waals surface area contributed by atoms with Gasteiger partial charge in [0.2, 0.25) is 0 Å². The Morgan fingerprint density at radius 2 is 1.91 bits per heavy atom. The lowest BCUT2D eigenvalue weighted by molar-refractivity contribution is 0.628. The quantitative estimate of drug-likeness (QED) is 0.729. The van der Waals surface area contributed by atoms with Gasteiger partial charge in [-0.2, -0.15) is 5.10 Å². The molecule has 6 heteroatoms. The zero-order valence-electron chi connectivity index (χ0n) is 12.1. The van der Waals surface area contributed by atoms with E-state index in [2.05, 4.69) is 34.6 Å². The summed E-state index contributed by atoms with van der Waals surface area (Å²) >= 11 is 1.80. The molecule has 0 aliphatic heterocycles. The van der Waals surface area contributed by atoms with Gasteiger partial charge >= 0.3 is 0 Å². The summed E-state index contributed by atoms with van der Waals surface area (Å²) < 4.78 is 13.0. The number of thiophene rings is 1. The van der Waals surface area contributed by atoms with Crippen LogP contribution in [0.15, 0.2) is 42.6 Å². The summed E-state index contributed by atoms with van der Waals surface area (Å²) in [7, 11) is 0. The Labute approximate surface area is 139 Å². The van der Waals surface area contributed by atoms with Gasteiger partial charge in [0.05, 0.1) is 11.9 Å². The number of hydrogen-bond acceptors (Lipinski definition) is 3. The highest BCUT2D eigenvalue weighted by Gasteiger charge is 2.07. The van der Waals surface area contributed by atoms with Crippen molar-refractivity contribution in [1.82, 2.24) is 15.5 Å². The molecule has 0 aliphatic carbocycles. The summed E-state index contributed by atoms with van der Waals surface area (Å²) in [6, 6.07) is 10.7. The van der Waals surface area contributed by atoms with Gasteiger partial charge in [-0.1, -0.05) is 0 Å². The van der Waals surface area contributed by atoms with E-state index in [4.69, 9.17) is 0 Å². The van der Waals surface area contributed by atoms with Crippen molar-refractivity contribution >= 4 is 23.7 Å². The van der Waals surface area contributed by atoms with Gasteiger partial charge in [0.15, 0.2) is 0 Å². The number of benzene rings is 1. The van der Waals surface area contributed by atoms with Crippen LogP contribution in [0.2, 0.25) is 0 Å². The van der Waals surface area contributed by atoms with Crippen LogP contribution in [0.25, 0.3) is 11.3 Å². The van der Waals surface area contributed by atoms with Gasteiger partial charge < -0.3 is 5.32 Å². The van der Waals surface area contributed by atoms with E-state index in [1.165, 1.54) is 21.9 Å².